The van der Waals surface area contributed by atoms with E-state index in [1.54, 1.807) is 6.07 Å². The van der Waals surface area contributed by atoms with Crippen molar-refractivity contribution in [1.29, 1.82) is 0 Å². The van der Waals surface area contributed by atoms with Crippen LogP contribution in [0.4, 0.5) is 0 Å². The van der Waals surface area contributed by atoms with E-state index < -0.39 is 9.84 Å². The lowest BCUT2D eigenvalue weighted by Crippen LogP contribution is -2.37. The highest BCUT2D eigenvalue weighted by Gasteiger charge is 2.37. The molecule has 0 spiro atoms. The molecule has 1 aromatic carbocycles. The van der Waals surface area contributed by atoms with Crippen LogP contribution in [0.5, 0.6) is 0 Å². The van der Waals surface area contributed by atoms with Crippen molar-refractivity contribution in [2.24, 2.45) is 5.41 Å². The molecule has 2 rings (SSSR count). The third-order valence-electron chi connectivity index (χ3n) is 3.56. The molecule has 0 aliphatic carbocycles. The summed E-state index contributed by atoms with van der Waals surface area (Å²) in [5, 5.41) is 1.21. The van der Waals surface area contributed by atoms with E-state index in [4.69, 9.17) is 27.9 Å². The third kappa shape index (κ3) is 3.69. The summed E-state index contributed by atoms with van der Waals surface area (Å²) in [5.41, 5.74) is -0.303. The number of ether oxygens (including phenoxy) is 1. The van der Waals surface area contributed by atoms with Crippen LogP contribution in [-0.2, 0) is 14.6 Å². The summed E-state index contributed by atoms with van der Waals surface area (Å²) in [6.07, 6.45) is 1.44. The van der Waals surface area contributed by atoms with E-state index in [0.29, 0.717) is 23.6 Å². The van der Waals surface area contributed by atoms with Crippen LogP contribution >= 0.6 is 39.1 Å². The second kappa shape index (κ2) is 6.53. The summed E-state index contributed by atoms with van der Waals surface area (Å²) in [7, 11) is -3.49. The number of halogens is 3. The number of hydrogen-bond donors (Lipinski definition) is 0. The molecule has 0 saturated carbocycles. The van der Waals surface area contributed by atoms with Crippen LogP contribution < -0.4 is 0 Å². The fourth-order valence-corrected chi connectivity index (χ4v) is 6.07. The Morgan fingerprint density at radius 3 is 2.50 bits per heavy atom. The van der Waals surface area contributed by atoms with Gasteiger partial charge in [-0.05, 0) is 36.5 Å². The topological polar surface area (TPSA) is 43.4 Å². The zero-order valence-corrected chi connectivity index (χ0v) is 14.7. The van der Waals surface area contributed by atoms with Crippen molar-refractivity contribution in [1.82, 2.24) is 0 Å². The standard InChI is InChI=1S/C13H15BrCl2O3S/c14-8-13(3-5-19-6-4-13)9-20(17,18)12-7-10(15)1-2-11(12)16/h1-2,7H,3-6,8-9H2. The SMILES string of the molecule is O=S(=O)(CC1(CBr)CCOCC1)c1cc(Cl)ccc1Cl. The monoisotopic (exact) mass is 400 g/mol. The summed E-state index contributed by atoms with van der Waals surface area (Å²) in [6, 6.07) is 4.51. The third-order valence-corrected chi connectivity index (χ3v) is 7.43. The van der Waals surface area contributed by atoms with Gasteiger partial charge in [0.2, 0.25) is 0 Å². The molecular formula is C13H15BrCl2O3S. The smallest absolute Gasteiger partial charge is 0.180 e. The van der Waals surface area contributed by atoms with Gasteiger partial charge >= 0.3 is 0 Å². The minimum atomic E-state index is -3.49. The second-order valence-corrected chi connectivity index (χ2v) is 8.44. The molecule has 1 aliphatic heterocycles. The summed E-state index contributed by atoms with van der Waals surface area (Å²) in [5.74, 6) is 0.0503. The van der Waals surface area contributed by atoms with Gasteiger partial charge in [0, 0.05) is 23.6 Å². The Kier molecular flexibility index (Phi) is 5.40. The maximum atomic E-state index is 12.6. The first-order chi connectivity index (χ1) is 9.38. The average Bonchev–Trinajstić information content (AvgIpc) is 2.42. The van der Waals surface area contributed by atoms with Crippen molar-refractivity contribution in [2.45, 2.75) is 17.7 Å². The van der Waals surface area contributed by atoms with Gasteiger partial charge in [0.05, 0.1) is 15.7 Å². The fourth-order valence-electron chi connectivity index (χ4n) is 2.32. The Bertz CT molecular complexity index is 583. The summed E-state index contributed by atoms with van der Waals surface area (Å²) in [6.45, 7) is 1.18. The molecule has 112 valence electrons. The Labute approximate surface area is 137 Å². The van der Waals surface area contributed by atoms with Gasteiger partial charge in [0.1, 0.15) is 0 Å². The van der Waals surface area contributed by atoms with Crippen molar-refractivity contribution < 1.29 is 13.2 Å². The predicted octanol–water partition coefficient (Wildman–Crippen LogP) is 3.96. The van der Waals surface area contributed by atoms with Crippen molar-refractivity contribution in [3.05, 3.63) is 28.2 Å². The molecule has 20 heavy (non-hydrogen) atoms. The quantitative estimate of drug-likeness (QED) is 0.717. The van der Waals surface area contributed by atoms with E-state index >= 15 is 0 Å². The van der Waals surface area contributed by atoms with E-state index in [-0.39, 0.29) is 21.1 Å². The van der Waals surface area contributed by atoms with E-state index in [2.05, 4.69) is 15.9 Å². The van der Waals surface area contributed by atoms with E-state index in [0.717, 1.165) is 12.8 Å². The van der Waals surface area contributed by atoms with Gasteiger partial charge in [-0.15, -0.1) is 0 Å². The van der Waals surface area contributed by atoms with Gasteiger partial charge in [0.15, 0.2) is 9.84 Å². The van der Waals surface area contributed by atoms with Crippen molar-refractivity contribution in [2.75, 3.05) is 24.3 Å². The minimum absolute atomic E-state index is 0.0503. The Morgan fingerprint density at radius 1 is 1.25 bits per heavy atom. The van der Waals surface area contributed by atoms with Crippen LogP contribution in [0.15, 0.2) is 23.1 Å². The van der Waals surface area contributed by atoms with Crippen molar-refractivity contribution >= 4 is 49.0 Å². The zero-order chi connectivity index (χ0) is 14.8. The van der Waals surface area contributed by atoms with Crippen molar-refractivity contribution in [3.63, 3.8) is 0 Å². The van der Waals surface area contributed by atoms with Gasteiger partial charge < -0.3 is 4.74 Å². The second-order valence-electron chi connectivity index (χ2n) is 5.08. The number of sulfone groups is 1. The largest absolute Gasteiger partial charge is 0.381 e. The predicted molar refractivity (Wildman–Crippen MR) is 84.8 cm³/mol. The molecule has 0 unspecified atom stereocenters. The molecule has 0 aromatic heterocycles. The molecular weight excluding hydrogens is 387 g/mol. The normalized spacial score (nSPS) is 18.9. The molecule has 3 nitrogen and oxygen atoms in total. The minimum Gasteiger partial charge on any atom is -0.381 e. The molecule has 0 radical (unpaired) electrons. The van der Waals surface area contributed by atoms with E-state index in [1.807, 2.05) is 0 Å². The van der Waals surface area contributed by atoms with Crippen LogP contribution in [-0.4, -0.2) is 32.7 Å². The highest BCUT2D eigenvalue weighted by molar-refractivity contribution is 9.09. The Balaban J connectivity index is 2.32. The first kappa shape index (κ1) is 16.6. The maximum absolute atomic E-state index is 12.6. The highest BCUT2D eigenvalue weighted by atomic mass is 79.9. The molecule has 7 heteroatoms. The molecule has 0 N–H and O–H groups in total. The lowest BCUT2D eigenvalue weighted by Gasteiger charge is -2.35. The molecule has 1 aromatic rings. The molecule has 0 amide bonds. The van der Waals surface area contributed by atoms with Crippen LogP contribution in [0.25, 0.3) is 0 Å². The van der Waals surface area contributed by atoms with Crippen LogP contribution in [0.1, 0.15) is 12.8 Å². The van der Waals surface area contributed by atoms with Gasteiger partial charge in [0.25, 0.3) is 0 Å². The average molecular weight is 402 g/mol. The molecule has 1 heterocycles. The number of rotatable bonds is 4. The fraction of sp³-hybridized carbons (Fsp3) is 0.538. The van der Waals surface area contributed by atoms with Gasteiger partial charge in [-0.1, -0.05) is 39.1 Å². The Hall–Kier alpha value is 0.190. The molecule has 1 saturated heterocycles. The van der Waals surface area contributed by atoms with E-state index in [9.17, 15) is 8.42 Å². The van der Waals surface area contributed by atoms with Gasteiger partial charge in [-0.2, -0.15) is 0 Å². The summed E-state index contributed by atoms with van der Waals surface area (Å²) < 4.78 is 30.6. The van der Waals surface area contributed by atoms with Crippen molar-refractivity contribution in [3.8, 4) is 0 Å². The summed E-state index contributed by atoms with van der Waals surface area (Å²) in [4.78, 5) is 0.110. The molecule has 1 fully saturated rings. The lowest BCUT2D eigenvalue weighted by molar-refractivity contribution is 0.0367. The first-order valence-electron chi connectivity index (χ1n) is 6.20. The summed E-state index contributed by atoms with van der Waals surface area (Å²) >= 11 is 15.3. The van der Waals surface area contributed by atoms with Gasteiger partial charge in [-0.25, -0.2) is 8.42 Å². The number of alkyl halides is 1. The van der Waals surface area contributed by atoms with Crippen LogP contribution in [0.2, 0.25) is 10.0 Å². The molecule has 0 atom stereocenters. The maximum Gasteiger partial charge on any atom is 0.180 e. The Morgan fingerprint density at radius 2 is 1.90 bits per heavy atom. The molecule has 0 bridgehead atoms. The highest BCUT2D eigenvalue weighted by Crippen LogP contribution is 2.37. The first-order valence-corrected chi connectivity index (χ1v) is 9.73. The lowest BCUT2D eigenvalue weighted by atomic mass is 9.85. The van der Waals surface area contributed by atoms with Crippen LogP contribution in [0, 0.1) is 5.41 Å². The van der Waals surface area contributed by atoms with E-state index in [1.165, 1.54) is 12.1 Å². The van der Waals surface area contributed by atoms with Gasteiger partial charge in [-0.3, -0.25) is 0 Å². The number of hydrogen-bond acceptors (Lipinski definition) is 3. The van der Waals surface area contributed by atoms with Crippen LogP contribution in [0.3, 0.4) is 0 Å². The zero-order valence-electron chi connectivity index (χ0n) is 10.7. The number of benzene rings is 1. The molecule has 1 aliphatic rings.